The molecule has 0 unspecified atom stereocenters. The van der Waals surface area contributed by atoms with Gasteiger partial charge in [0, 0.05) is 23.6 Å². The summed E-state index contributed by atoms with van der Waals surface area (Å²) in [5.41, 5.74) is 6.17. The van der Waals surface area contributed by atoms with Crippen molar-refractivity contribution in [1.82, 2.24) is 15.0 Å². The van der Waals surface area contributed by atoms with Crippen molar-refractivity contribution in [3.63, 3.8) is 0 Å². The molecule has 2 aromatic rings. The highest BCUT2D eigenvalue weighted by molar-refractivity contribution is 5.97. The van der Waals surface area contributed by atoms with E-state index >= 15 is 0 Å². The molecule has 1 aromatic carbocycles. The summed E-state index contributed by atoms with van der Waals surface area (Å²) in [6.45, 7) is 4.63. The molecule has 1 aliphatic heterocycles. The topological polar surface area (TPSA) is 102 Å². The van der Waals surface area contributed by atoms with E-state index in [9.17, 15) is 9.59 Å². The fraction of sp³-hybridized carbons (Fsp3) is 0.474. The van der Waals surface area contributed by atoms with Crippen LogP contribution in [0.3, 0.4) is 0 Å². The number of rotatable bonds is 4. The fourth-order valence-corrected chi connectivity index (χ4v) is 3.18. The largest absolute Gasteiger partial charge is 0.366 e. The highest BCUT2D eigenvalue weighted by Crippen LogP contribution is 2.30. The first-order valence-corrected chi connectivity index (χ1v) is 9.01. The normalized spacial score (nSPS) is 18.0. The van der Waals surface area contributed by atoms with Gasteiger partial charge in [-0.25, -0.2) is 0 Å². The zero-order valence-electron chi connectivity index (χ0n) is 15.1. The minimum atomic E-state index is -0.510. The van der Waals surface area contributed by atoms with Crippen molar-refractivity contribution in [1.29, 1.82) is 0 Å². The maximum Gasteiger partial charge on any atom is 0.254 e. The van der Waals surface area contributed by atoms with E-state index in [0.717, 1.165) is 25.7 Å². The van der Waals surface area contributed by atoms with E-state index in [2.05, 4.69) is 10.1 Å². The van der Waals surface area contributed by atoms with Crippen molar-refractivity contribution in [2.45, 2.75) is 51.5 Å². The van der Waals surface area contributed by atoms with Crippen molar-refractivity contribution in [2.75, 3.05) is 6.54 Å². The molecule has 3 rings (SSSR count). The molecule has 0 radical (unpaired) electrons. The van der Waals surface area contributed by atoms with Gasteiger partial charge in [-0.3, -0.25) is 9.59 Å². The van der Waals surface area contributed by atoms with Crippen LogP contribution in [0.5, 0.6) is 0 Å². The van der Waals surface area contributed by atoms with Gasteiger partial charge in [-0.1, -0.05) is 31.8 Å². The standard InChI is InChI=1S/C19H24N4O3/c1-12(2)18-21-17(22-26-18)15-6-4-3-5-11-23(15)19(25)14-9-7-13(8-10-14)16(20)24/h7-10,12,15H,3-6,11H2,1-2H3,(H2,20,24)/t15-/m1/s1. The molecule has 1 aliphatic rings. The Labute approximate surface area is 152 Å². The minimum Gasteiger partial charge on any atom is -0.366 e. The van der Waals surface area contributed by atoms with Crippen LogP contribution >= 0.6 is 0 Å². The average molecular weight is 356 g/mol. The predicted octanol–water partition coefficient (Wildman–Crippen LogP) is 3.05. The number of carbonyl (C=O) groups is 2. The summed E-state index contributed by atoms with van der Waals surface area (Å²) < 4.78 is 5.35. The molecule has 26 heavy (non-hydrogen) atoms. The molecular formula is C19H24N4O3. The Balaban J connectivity index is 1.87. The number of nitrogens with zero attached hydrogens (tertiary/aromatic N) is 3. The Morgan fingerprint density at radius 1 is 1.15 bits per heavy atom. The summed E-state index contributed by atoms with van der Waals surface area (Å²) >= 11 is 0. The summed E-state index contributed by atoms with van der Waals surface area (Å²) in [7, 11) is 0. The summed E-state index contributed by atoms with van der Waals surface area (Å²) in [6.07, 6.45) is 3.83. The third kappa shape index (κ3) is 3.76. The van der Waals surface area contributed by atoms with Crippen LogP contribution in [0, 0.1) is 0 Å². The average Bonchev–Trinajstić information content (AvgIpc) is 3.00. The molecule has 1 aromatic heterocycles. The van der Waals surface area contributed by atoms with Gasteiger partial charge in [-0.05, 0) is 37.1 Å². The molecule has 0 spiro atoms. The number of amides is 2. The van der Waals surface area contributed by atoms with Crippen molar-refractivity contribution in [3.05, 3.63) is 47.1 Å². The van der Waals surface area contributed by atoms with Crippen molar-refractivity contribution in [3.8, 4) is 0 Å². The van der Waals surface area contributed by atoms with Gasteiger partial charge >= 0.3 is 0 Å². The van der Waals surface area contributed by atoms with Crippen LogP contribution in [0.4, 0.5) is 0 Å². The van der Waals surface area contributed by atoms with Crippen molar-refractivity contribution >= 4 is 11.8 Å². The molecule has 2 heterocycles. The van der Waals surface area contributed by atoms with E-state index in [-0.39, 0.29) is 17.9 Å². The van der Waals surface area contributed by atoms with Crippen molar-refractivity contribution < 1.29 is 14.1 Å². The molecular weight excluding hydrogens is 332 g/mol. The zero-order valence-corrected chi connectivity index (χ0v) is 15.1. The number of hydrogen-bond donors (Lipinski definition) is 1. The molecule has 7 heteroatoms. The molecule has 1 saturated heterocycles. The molecule has 0 saturated carbocycles. The quantitative estimate of drug-likeness (QED) is 0.907. The summed E-state index contributed by atoms with van der Waals surface area (Å²) in [6, 6.07) is 6.23. The molecule has 1 atom stereocenters. The van der Waals surface area contributed by atoms with E-state index in [1.807, 2.05) is 18.7 Å². The van der Waals surface area contributed by atoms with Crippen LogP contribution in [0.15, 0.2) is 28.8 Å². The van der Waals surface area contributed by atoms with E-state index in [0.29, 0.717) is 29.4 Å². The first-order chi connectivity index (χ1) is 12.5. The Bertz CT molecular complexity index is 782. The lowest BCUT2D eigenvalue weighted by atomic mass is 10.1. The molecule has 7 nitrogen and oxygen atoms in total. The lowest BCUT2D eigenvalue weighted by Gasteiger charge is -2.28. The predicted molar refractivity (Wildman–Crippen MR) is 95.6 cm³/mol. The van der Waals surface area contributed by atoms with E-state index in [1.54, 1.807) is 24.3 Å². The number of primary amides is 1. The Morgan fingerprint density at radius 2 is 1.85 bits per heavy atom. The Morgan fingerprint density at radius 3 is 2.46 bits per heavy atom. The number of nitrogens with two attached hydrogens (primary N) is 1. The van der Waals surface area contributed by atoms with E-state index in [1.165, 1.54) is 0 Å². The second kappa shape index (κ2) is 7.68. The molecule has 1 fully saturated rings. The van der Waals surface area contributed by atoms with E-state index < -0.39 is 5.91 Å². The Kier molecular flexibility index (Phi) is 5.35. The Hall–Kier alpha value is -2.70. The first kappa shape index (κ1) is 18.1. The van der Waals surface area contributed by atoms with Crippen LogP contribution in [0.25, 0.3) is 0 Å². The van der Waals surface area contributed by atoms with Crippen LogP contribution in [-0.4, -0.2) is 33.4 Å². The molecule has 0 aliphatic carbocycles. The zero-order chi connectivity index (χ0) is 18.7. The summed E-state index contributed by atoms with van der Waals surface area (Å²) in [5, 5.41) is 4.13. The maximum absolute atomic E-state index is 13.1. The molecule has 138 valence electrons. The number of hydrogen-bond acceptors (Lipinski definition) is 5. The SMILES string of the molecule is CC(C)c1nc([C@H]2CCCCCN2C(=O)c2ccc(C(N)=O)cc2)no1. The van der Waals surface area contributed by atoms with Crippen LogP contribution in [-0.2, 0) is 0 Å². The second-order valence-corrected chi connectivity index (χ2v) is 6.95. The van der Waals surface area contributed by atoms with Gasteiger partial charge in [0.25, 0.3) is 5.91 Å². The number of aromatic nitrogens is 2. The number of carbonyl (C=O) groups excluding carboxylic acids is 2. The second-order valence-electron chi connectivity index (χ2n) is 6.95. The van der Waals surface area contributed by atoms with E-state index in [4.69, 9.17) is 10.3 Å². The van der Waals surface area contributed by atoms with Crippen LogP contribution in [0.2, 0.25) is 0 Å². The van der Waals surface area contributed by atoms with Gasteiger partial charge in [0.05, 0.1) is 6.04 Å². The lowest BCUT2D eigenvalue weighted by molar-refractivity contribution is 0.0670. The maximum atomic E-state index is 13.1. The van der Waals surface area contributed by atoms with Gasteiger partial charge < -0.3 is 15.2 Å². The highest BCUT2D eigenvalue weighted by atomic mass is 16.5. The van der Waals surface area contributed by atoms with Gasteiger partial charge in [0.2, 0.25) is 11.8 Å². The molecule has 2 amide bonds. The third-order valence-electron chi connectivity index (χ3n) is 4.68. The highest BCUT2D eigenvalue weighted by Gasteiger charge is 2.31. The smallest absolute Gasteiger partial charge is 0.254 e. The number of benzene rings is 1. The first-order valence-electron chi connectivity index (χ1n) is 9.01. The molecule has 0 bridgehead atoms. The summed E-state index contributed by atoms with van der Waals surface area (Å²) in [4.78, 5) is 30.6. The molecule has 2 N–H and O–H groups in total. The minimum absolute atomic E-state index is 0.0937. The lowest BCUT2D eigenvalue weighted by Crippen LogP contribution is -2.35. The third-order valence-corrected chi connectivity index (χ3v) is 4.68. The fourth-order valence-electron chi connectivity index (χ4n) is 3.18. The van der Waals surface area contributed by atoms with Crippen LogP contribution in [0.1, 0.15) is 83.9 Å². The van der Waals surface area contributed by atoms with Gasteiger partial charge in [0.1, 0.15) is 0 Å². The van der Waals surface area contributed by atoms with Crippen molar-refractivity contribution in [2.24, 2.45) is 5.73 Å². The van der Waals surface area contributed by atoms with Crippen LogP contribution < -0.4 is 5.73 Å². The van der Waals surface area contributed by atoms with Gasteiger partial charge in [-0.2, -0.15) is 4.98 Å². The monoisotopic (exact) mass is 356 g/mol. The summed E-state index contributed by atoms with van der Waals surface area (Å²) in [5.74, 6) is 0.696. The van der Waals surface area contributed by atoms with Gasteiger partial charge in [-0.15, -0.1) is 0 Å². The number of likely N-dealkylation sites (tertiary alicyclic amines) is 1. The van der Waals surface area contributed by atoms with Gasteiger partial charge in [0.15, 0.2) is 5.82 Å².